The molecule has 1 saturated heterocycles. The molecule has 0 bridgehead atoms. The number of hydrogen-bond acceptors (Lipinski definition) is 6. The third-order valence-electron chi connectivity index (χ3n) is 2.57. The summed E-state index contributed by atoms with van der Waals surface area (Å²) < 4.78 is 31.1. The Morgan fingerprint density at radius 1 is 1.56 bits per heavy atom. The fraction of sp³-hybridized carbons (Fsp3) is 0.600. The van der Waals surface area contributed by atoms with Crippen molar-refractivity contribution in [3.8, 4) is 0 Å². The van der Waals surface area contributed by atoms with Crippen LogP contribution in [0.25, 0.3) is 0 Å². The summed E-state index contributed by atoms with van der Waals surface area (Å²) in [5, 5.41) is 0.636. The van der Waals surface area contributed by atoms with Gasteiger partial charge in [0.15, 0.2) is 4.21 Å². The number of nitrogens with one attached hydrogen (secondary N) is 1. The minimum Gasteiger partial charge on any atom is -0.368 e. The number of rotatable bonds is 3. The normalized spacial score (nSPS) is 20.6. The lowest BCUT2D eigenvalue weighted by Gasteiger charge is -2.21. The Balaban J connectivity index is 2.06. The quantitative estimate of drug-likeness (QED) is 0.891. The van der Waals surface area contributed by atoms with E-state index in [4.69, 9.17) is 4.74 Å². The topological polar surface area (TPSA) is 85.4 Å². The van der Waals surface area contributed by atoms with Gasteiger partial charge < -0.3 is 4.74 Å². The third kappa shape index (κ3) is 3.06. The summed E-state index contributed by atoms with van der Waals surface area (Å²) in [5.41, 5.74) is 0. The molecule has 0 aromatic carbocycles. The second-order valence-electron chi connectivity index (χ2n) is 4.02. The molecule has 1 aliphatic heterocycles. The van der Waals surface area contributed by atoms with Gasteiger partial charge in [0, 0.05) is 6.61 Å². The molecular weight excluding hydrogens is 276 g/mol. The number of aryl methyl sites for hydroxylation is 1. The molecule has 1 fully saturated rings. The van der Waals surface area contributed by atoms with Crippen molar-refractivity contribution in [2.24, 2.45) is 0 Å². The van der Waals surface area contributed by atoms with Crippen LogP contribution in [0, 0.1) is 6.92 Å². The van der Waals surface area contributed by atoms with Crippen molar-refractivity contribution in [1.82, 2.24) is 9.71 Å². The van der Waals surface area contributed by atoms with Crippen LogP contribution in [0.4, 0.5) is 0 Å². The molecule has 0 radical (unpaired) electrons. The van der Waals surface area contributed by atoms with Gasteiger partial charge in [-0.3, -0.25) is 4.79 Å². The molecule has 100 valence electrons. The first kappa shape index (κ1) is 13.4. The Kier molecular flexibility index (Phi) is 3.98. The van der Waals surface area contributed by atoms with Crippen LogP contribution in [0.2, 0.25) is 0 Å². The molecule has 0 spiro atoms. The first-order chi connectivity index (χ1) is 8.49. The lowest BCUT2D eigenvalue weighted by atomic mass is 10.1. The summed E-state index contributed by atoms with van der Waals surface area (Å²) in [4.78, 5) is 15.6. The molecular formula is C10H14N2O4S2. The van der Waals surface area contributed by atoms with Crippen LogP contribution < -0.4 is 4.72 Å². The monoisotopic (exact) mass is 290 g/mol. The SMILES string of the molecule is Cc1ncc(S(=O)(=O)NC(=O)C2CCCCO2)s1. The summed E-state index contributed by atoms with van der Waals surface area (Å²) in [6, 6.07) is 0. The minimum atomic E-state index is -3.81. The second kappa shape index (κ2) is 5.33. The van der Waals surface area contributed by atoms with E-state index >= 15 is 0 Å². The number of amides is 1. The fourth-order valence-electron chi connectivity index (χ4n) is 1.66. The number of sulfonamides is 1. The minimum absolute atomic E-state index is 0.0455. The first-order valence-electron chi connectivity index (χ1n) is 5.60. The molecule has 1 N–H and O–H groups in total. The van der Waals surface area contributed by atoms with Gasteiger partial charge in [0.1, 0.15) is 6.10 Å². The molecule has 0 saturated carbocycles. The molecule has 8 heteroatoms. The third-order valence-corrected chi connectivity index (χ3v) is 5.29. The average molecular weight is 290 g/mol. The van der Waals surface area contributed by atoms with E-state index < -0.39 is 22.0 Å². The van der Waals surface area contributed by atoms with Crippen LogP contribution in [-0.4, -0.2) is 32.0 Å². The Labute approximate surface area is 109 Å². The Bertz CT molecular complexity index is 532. The van der Waals surface area contributed by atoms with Crippen molar-refractivity contribution in [2.75, 3.05) is 6.61 Å². The van der Waals surface area contributed by atoms with E-state index in [0.717, 1.165) is 24.2 Å². The molecule has 1 amide bonds. The summed E-state index contributed by atoms with van der Waals surface area (Å²) in [7, 11) is -3.81. The predicted octanol–water partition coefficient (Wildman–Crippen LogP) is 0.826. The summed E-state index contributed by atoms with van der Waals surface area (Å²) in [6.07, 6.45) is 2.92. The van der Waals surface area contributed by atoms with E-state index in [-0.39, 0.29) is 4.21 Å². The van der Waals surface area contributed by atoms with Gasteiger partial charge in [-0.15, -0.1) is 11.3 Å². The largest absolute Gasteiger partial charge is 0.368 e. The Morgan fingerprint density at radius 3 is 2.89 bits per heavy atom. The number of thiazole rings is 1. The van der Waals surface area contributed by atoms with Crippen LogP contribution >= 0.6 is 11.3 Å². The molecule has 2 rings (SSSR count). The van der Waals surface area contributed by atoms with Gasteiger partial charge in [-0.1, -0.05) is 0 Å². The zero-order chi connectivity index (χ0) is 13.2. The van der Waals surface area contributed by atoms with Gasteiger partial charge in [-0.05, 0) is 26.2 Å². The van der Waals surface area contributed by atoms with Gasteiger partial charge in [-0.25, -0.2) is 18.1 Å². The van der Waals surface area contributed by atoms with Gasteiger partial charge in [-0.2, -0.15) is 0 Å². The standard InChI is InChI=1S/C10H14N2O4S2/c1-7-11-6-9(17-7)18(14,15)12-10(13)8-4-2-3-5-16-8/h6,8H,2-5H2,1H3,(H,12,13). The lowest BCUT2D eigenvalue weighted by Crippen LogP contribution is -2.41. The van der Waals surface area contributed by atoms with Crippen molar-refractivity contribution >= 4 is 27.3 Å². The smallest absolute Gasteiger partial charge is 0.275 e. The Hall–Kier alpha value is -0.990. The van der Waals surface area contributed by atoms with Gasteiger partial charge in [0.05, 0.1) is 11.2 Å². The molecule has 1 atom stereocenters. The maximum Gasteiger partial charge on any atom is 0.275 e. The number of hydrogen-bond donors (Lipinski definition) is 1. The predicted molar refractivity (Wildman–Crippen MR) is 65.8 cm³/mol. The maximum absolute atomic E-state index is 11.9. The summed E-state index contributed by atoms with van der Waals surface area (Å²) in [5.74, 6) is -0.597. The van der Waals surface area contributed by atoms with E-state index in [9.17, 15) is 13.2 Å². The fourth-order valence-corrected chi connectivity index (χ4v) is 3.78. The van der Waals surface area contributed by atoms with Gasteiger partial charge >= 0.3 is 0 Å². The van der Waals surface area contributed by atoms with Crippen LogP contribution in [0.5, 0.6) is 0 Å². The number of nitrogens with zero attached hydrogens (tertiary/aromatic N) is 1. The van der Waals surface area contributed by atoms with Crippen molar-refractivity contribution in [1.29, 1.82) is 0 Å². The molecule has 18 heavy (non-hydrogen) atoms. The van der Waals surface area contributed by atoms with E-state index in [2.05, 4.69) is 4.98 Å². The van der Waals surface area contributed by atoms with E-state index in [1.165, 1.54) is 6.20 Å². The molecule has 2 heterocycles. The van der Waals surface area contributed by atoms with Crippen molar-refractivity contribution in [2.45, 2.75) is 36.5 Å². The highest BCUT2D eigenvalue weighted by molar-refractivity contribution is 7.92. The average Bonchev–Trinajstić information content (AvgIpc) is 2.77. The molecule has 1 unspecified atom stereocenters. The van der Waals surface area contributed by atoms with Crippen molar-refractivity contribution in [3.63, 3.8) is 0 Å². The first-order valence-corrected chi connectivity index (χ1v) is 7.90. The number of carbonyl (C=O) groups excluding carboxylic acids is 1. The van der Waals surface area contributed by atoms with E-state index in [0.29, 0.717) is 18.0 Å². The van der Waals surface area contributed by atoms with Crippen LogP contribution in [0.3, 0.4) is 0 Å². The van der Waals surface area contributed by atoms with E-state index in [1.807, 2.05) is 4.72 Å². The molecule has 0 aliphatic carbocycles. The summed E-state index contributed by atoms with van der Waals surface area (Å²) >= 11 is 1.03. The molecule has 1 aliphatic rings. The van der Waals surface area contributed by atoms with Crippen molar-refractivity contribution in [3.05, 3.63) is 11.2 Å². The van der Waals surface area contributed by atoms with Gasteiger partial charge in [0.2, 0.25) is 0 Å². The summed E-state index contributed by atoms with van der Waals surface area (Å²) in [6.45, 7) is 2.20. The molecule has 6 nitrogen and oxygen atoms in total. The zero-order valence-electron chi connectivity index (χ0n) is 9.88. The highest BCUT2D eigenvalue weighted by Crippen LogP contribution is 2.18. The zero-order valence-corrected chi connectivity index (χ0v) is 11.5. The maximum atomic E-state index is 11.9. The lowest BCUT2D eigenvalue weighted by molar-refractivity contribution is -0.133. The number of ether oxygens (including phenoxy) is 1. The highest BCUT2D eigenvalue weighted by Gasteiger charge is 2.27. The number of carbonyl (C=O) groups is 1. The van der Waals surface area contributed by atoms with Crippen LogP contribution in [0.15, 0.2) is 10.4 Å². The number of aromatic nitrogens is 1. The Morgan fingerprint density at radius 2 is 2.33 bits per heavy atom. The van der Waals surface area contributed by atoms with Crippen molar-refractivity contribution < 1.29 is 17.9 Å². The van der Waals surface area contributed by atoms with Gasteiger partial charge in [0.25, 0.3) is 15.9 Å². The molecule has 1 aromatic rings. The van der Waals surface area contributed by atoms with Crippen LogP contribution in [-0.2, 0) is 19.6 Å². The molecule has 1 aromatic heterocycles. The van der Waals surface area contributed by atoms with E-state index in [1.54, 1.807) is 6.92 Å². The highest BCUT2D eigenvalue weighted by atomic mass is 32.2. The van der Waals surface area contributed by atoms with Crippen LogP contribution in [0.1, 0.15) is 24.3 Å². The second-order valence-corrected chi connectivity index (χ2v) is 7.17.